The van der Waals surface area contributed by atoms with Crippen LogP contribution in [-0.2, 0) is 4.74 Å². The van der Waals surface area contributed by atoms with Crippen LogP contribution in [-0.4, -0.2) is 55.1 Å². The maximum Gasteiger partial charge on any atom is 0.167 e. The molecule has 0 saturated carbocycles. The number of aliphatic hydroxyl groups excluding tert-OH is 2. The van der Waals surface area contributed by atoms with Crippen LogP contribution in [0.2, 0.25) is 0 Å². The maximum absolute atomic E-state index is 10.0. The summed E-state index contributed by atoms with van der Waals surface area (Å²) in [5.41, 5.74) is 1.14. The Bertz CT molecular complexity index is 601. The van der Waals surface area contributed by atoms with E-state index in [4.69, 9.17) is 4.74 Å². The highest BCUT2D eigenvalue weighted by molar-refractivity contribution is 5.82. The van der Waals surface area contributed by atoms with E-state index in [-0.39, 0.29) is 0 Å². The quantitative estimate of drug-likeness (QED) is 0.672. The third kappa shape index (κ3) is 1.76. The summed E-state index contributed by atoms with van der Waals surface area (Å²) in [4.78, 5) is 12.4. The second kappa shape index (κ2) is 4.41. The van der Waals surface area contributed by atoms with Gasteiger partial charge in [0.25, 0.3) is 0 Å². The maximum atomic E-state index is 10.0. The van der Waals surface area contributed by atoms with Crippen LogP contribution in [0.5, 0.6) is 0 Å². The van der Waals surface area contributed by atoms with Crippen molar-refractivity contribution in [1.29, 1.82) is 0 Å². The van der Waals surface area contributed by atoms with Crippen molar-refractivity contribution in [1.82, 2.24) is 19.5 Å². The van der Waals surface area contributed by atoms with Crippen molar-refractivity contribution in [3.63, 3.8) is 0 Å². The lowest BCUT2D eigenvalue weighted by Crippen LogP contribution is -2.30. The molecule has 19 heavy (non-hydrogen) atoms. The molecule has 2 aromatic heterocycles. The lowest BCUT2D eigenvalue weighted by Gasteiger charge is -2.16. The van der Waals surface area contributed by atoms with Gasteiger partial charge in [0, 0.05) is 7.05 Å². The number of imidazole rings is 1. The van der Waals surface area contributed by atoms with Crippen molar-refractivity contribution in [2.45, 2.75) is 31.5 Å². The number of rotatable bonds is 2. The van der Waals surface area contributed by atoms with Crippen molar-refractivity contribution >= 4 is 17.0 Å². The summed E-state index contributed by atoms with van der Waals surface area (Å²) in [5, 5.41) is 22.7. The fourth-order valence-electron chi connectivity index (χ4n) is 2.28. The molecule has 2 aromatic rings. The first kappa shape index (κ1) is 12.3. The van der Waals surface area contributed by atoms with Gasteiger partial charge in [0.05, 0.1) is 12.4 Å². The number of nitrogens with one attached hydrogen (secondary N) is 1. The predicted octanol–water partition coefficient (Wildman–Crippen LogP) is -0.493. The number of fused-ring (bicyclic) bond motifs is 1. The standard InChI is InChI=1S/C11H15N5O3/c1-5-7(17)8(18)11(19-5)16-4-15-6-9(12-2)13-3-14-10(6)16/h3-5,7-8,11,17-18H,1-2H3,(H,12,13,14). The summed E-state index contributed by atoms with van der Waals surface area (Å²) in [6.45, 7) is 1.71. The Labute approximate surface area is 109 Å². The van der Waals surface area contributed by atoms with E-state index in [9.17, 15) is 10.2 Å². The molecule has 0 spiro atoms. The van der Waals surface area contributed by atoms with Crippen molar-refractivity contribution < 1.29 is 14.9 Å². The number of hydrogen-bond donors (Lipinski definition) is 3. The molecule has 4 atom stereocenters. The molecular formula is C11H15N5O3. The van der Waals surface area contributed by atoms with E-state index in [0.29, 0.717) is 17.0 Å². The summed E-state index contributed by atoms with van der Waals surface area (Å²) in [6, 6.07) is 0. The Morgan fingerprint density at radius 2 is 2.05 bits per heavy atom. The van der Waals surface area contributed by atoms with Crippen LogP contribution in [0.3, 0.4) is 0 Å². The van der Waals surface area contributed by atoms with E-state index in [1.54, 1.807) is 18.5 Å². The minimum absolute atomic E-state index is 0.442. The molecule has 0 bridgehead atoms. The zero-order valence-corrected chi connectivity index (χ0v) is 10.6. The molecule has 8 nitrogen and oxygen atoms in total. The van der Waals surface area contributed by atoms with Crippen molar-refractivity contribution in [3.05, 3.63) is 12.7 Å². The predicted molar refractivity (Wildman–Crippen MR) is 66.5 cm³/mol. The van der Waals surface area contributed by atoms with Crippen molar-refractivity contribution in [2.24, 2.45) is 0 Å². The van der Waals surface area contributed by atoms with E-state index >= 15 is 0 Å². The minimum Gasteiger partial charge on any atom is -0.388 e. The Morgan fingerprint density at radius 1 is 1.26 bits per heavy atom. The molecule has 4 unspecified atom stereocenters. The fraction of sp³-hybridized carbons (Fsp3) is 0.545. The van der Waals surface area contributed by atoms with Crippen molar-refractivity contribution in [2.75, 3.05) is 12.4 Å². The lowest BCUT2D eigenvalue weighted by molar-refractivity contribution is -0.0299. The SMILES string of the molecule is CNc1ncnc2c1ncn2C1OC(C)C(O)C1O. The second-order valence-electron chi connectivity index (χ2n) is 4.51. The van der Waals surface area contributed by atoms with Crippen LogP contribution in [0.15, 0.2) is 12.7 Å². The molecule has 1 saturated heterocycles. The Balaban J connectivity index is 2.07. The van der Waals surface area contributed by atoms with E-state index in [1.807, 2.05) is 0 Å². The zero-order valence-electron chi connectivity index (χ0n) is 10.6. The molecular weight excluding hydrogens is 250 g/mol. The Morgan fingerprint density at radius 3 is 2.68 bits per heavy atom. The van der Waals surface area contributed by atoms with Gasteiger partial charge in [0.15, 0.2) is 17.7 Å². The van der Waals surface area contributed by atoms with Gasteiger partial charge in [-0.25, -0.2) is 15.0 Å². The van der Waals surface area contributed by atoms with Gasteiger partial charge in [-0.1, -0.05) is 0 Å². The summed E-state index contributed by atoms with van der Waals surface area (Å²) < 4.78 is 7.16. The summed E-state index contributed by atoms with van der Waals surface area (Å²) in [6.07, 6.45) is -0.141. The van der Waals surface area contributed by atoms with Gasteiger partial charge in [-0.05, 0) is 6.92 Å². The third-order valence-corrected chi connectivity index (χ3v) is 3.35. The molecule has 1 aliphatic rings. The molecule has 0 amide bonds. The van der Waals surface area contributed by atoms with Crippen LogP contribution >= 0.6 is 0 Å². The van der Waals surface area contributed by atoms with Gasteiger partial charge in [0.2, 0.25) is 0 Å². The molecule has 1 aliphatic heterocycles. The fourth-order valence-corrected chi connectivity index (χ4v) is 2.28. The van der Waals surface area contributed by atoms with Crippen LogP contribution in [0.1, 0.15) is 13.2 Å². The Hall–Kier alpha value is -1.77. The smallest absolute Gasteiger partial charge is 0.167 e. The molecule has 1 fully saturated rings. The largest absolute Gasteiger partial charge is 0.388 e. The highest BCUT2D eigenvalue weighted by Gasteiger charge is 2.42. The van der Waals surface area contributed by atoms with E-state index in [1.165, 1.54) is 12.7 Å². The summed E-state index contributed by atoms with van der Waals surface area (Å²) >= 11 is 0. The average molecular weight is 265 g/mol. The number of anilines is 1. The first-order valence-corrected chi connectivity index (χ1v) is 6.00. The molecule has 3 N–H and O–H groups in total. The Kier molecular flexibility index (Phi) is 2.85. The van der Waals surface area contributed by atoms with Crippen LogP contribution in [0, 0.1) is 0 Å². The molecule has 3 rings (SSSR count). The molecule has 102 valence electrons. The highest BCUT2D eigenvalue weighted by atomic mass is 16.6. The molecule has 8 heteroatoms. The van der Waals surface area contributed by atoms with E-state index < -0.39 is 24.5 Å². The normalized spacial score (nSPS) is 30.9. The molecule has 0 aromatic carbocycles. The van der Waals surface area contributed by atoms with Gasteiger partial charge in [-0.3, -0.25) is 4.57 Å². The summed E-state index contributed by atoms with van der Waals surface area (Å²) in [5.74, 6) is 0.602. The van der Waals surface area contributed by atoms with Crippen LogP contribution < -0.4 is 5.32 Å². The van der Waals surface area contributed by atoms with E-state index in [2.05, 4.69) is 20.3 Å². The van der Waals surface area contributed by atoms with Gasteiger partial charge >= 0.3 is 0 Å². The van der Waals surface area contributed by atoms with Crippen LogP contribution in [0.25, 0.3) is 11.2 Å². The van der Waals surface area contributed by atoms with Gasteiger partial charge < -0.3 is 20.3 Å². The number of ether oxygens (including phenoxy) is 1. The average Bonchev–Trinajstić information content (AvgIpc) is 2.95. The first-order chi connectivity index (χ1) is 9.13. The summed E-state index contributed by atoms with van der Waals surface area (Å²) in [7, 11) is 1.74. The second-order valence-corrected chi connectivity index (χ2v) is 4.51. The molecule has 0 aliphatic carbocycles. The van der Waals surface area contributed by atoms with Gasteiger partial charge in [-0.2, -0.15) is 0 Å². The van der Waals surface area contributed by atoms with Crippen molar-refractivity contribution in [3.8, 4) is 0 Å². The van der Waals surface area contributed by atoms with Crippen LogP contribution in [0.4, 0.5) is 5.82 Å². The van der Waals surface area contributed by atoms with Gasteiger partial charge in [-0.15, -0.1) is 0 Å². The minimum atomic E-state index is -1.01. The number of nitrogens with zero attached hydrogens (tertiary/aromatic N) is 4. The molecule has 3 heterocycles. The number of hydrogen-bond acceptors (Lipinski definition) is 7. The lowest BCUT2D eigenvalue weighted by atomic mass is 10.1. The monoisotopic (exact) mass is 265 g/mol. The highest BCUT2D eigenvalue weighted by Crippen LogP contribution is 2.31. The topological polar surface area (TPSA) is 105 Å². The zero-order chi connectivity index (χ0) is 13.6. The molecule has 0 radical (unpaired) electrons. The van der Waals surface area contributed by atoms with E-state index in [0.717, 1.165) is 0 Å². The van der Waals surface area contributed by atoms with Gasteiger partial charge in [0.1, 0.15) is 24.1 Å². The first-order valence-electron chi connectivity index (χ1n) is 6.00. The third-order valence-electron chi connectivity index (χ3n) is 3.35. The number of aliphatic hydroxyl groups is 2. The number of aromatic nitrogens is 4.